The molecular weight excluding hydrogens is 308 g/mol. The third-order valence-corrected chi connectivity index (χ3v) is 4.66. The van der Waals surface area contributed by atoms with E-state index in [0.29, 0.717) is 31.8 Å². The average molecular weight is 330 g/mol. The Hall–Kier alpha value is -2.44. The van der Waals surface area contributed by atoms with Crippen molar-refractivity contribution in [3.05, 3.63) is 24.4 Å². The van der Waals surface area contributed by atoms with E-state index in [0.717, 1.165) is 13.0 Å². The minimum absolute atomic E-state index is 0.0468. The quantitative estimate of drug-likeness (QED) is 0.748. The maximum Gasteiger partial charge on any atom is 0.250 e. The number of allylic oxidation sites excluding steroid dienone is 2. The van der Waals surface area contributed by atoms with Gasteiger partial charge in [0, 0.05) is 32.3 Å². The molecule has 0 spiro atoms. The van der Waals surface area contributed by atoms with Gasteiger partial charge in [0.1, 0.15) is 11.4 Å². The molecule has 7 nitrogen and oxygen atoms in total. The summed E-state index contributed by atoms with van der Waals surface area (Å²) in [7, 11) is 0. The molecular formula is C17H22N4O3. The van der Waals surface area contributed by atoms with Crippen LogP contribution in [-0.4, -0.2) is 58.5 Å². The number of amidine groups is 1. The zero-order chi connectivity index (χ0) is 17.2. The van der Waals surface area contributed by atoms with Gasteiger partial charge in [0.25, 0.3) is 5.91 Å². The summed E-state index contributed by atoms with van der Waals surface area (Å²) in [6.45, 7) is 3.70. The summed E-state index contributed by atoms with van der Waals surface area (Å²) >= 11 is 0. The van der Waals surface area contributed by atoms with Crippen molar-refractivity contribution >= 4 is 23.6 Å². The molecule has 3 rings (SSSR count). The molecule has 0 saturated carbocycles. The van der Waals surface area contributed by atoms with E-state index in [1.807, 2.05) is 11.0 Å². The topological polar surface area (TPSA) is 82.1 Å². The molecule has 1 saturated heterocycles. The molecule has 3 heterocycles. The number of rotatable bonds is 5. The predicted molar refractivity (Wildman–Crippen MR) is 89.0 cm³/mol. The SMILES string of the molecule is CC1(C(=O)NCCCN2CCCC2=O)CC(=O)N=C2C=CC=CN21. The number of nitrogens with one attached hydrogen (secondary N) is 1. The van der Waals surface area contributed by atoms with Crippen LogP contribution in [0.2, 0.25) is 0 Å². The zero-order valence-electron chi connectivity index (χ0n) is 13.8. The van der Waals surface area contributed by atoms with Gasteiger partial charge in [-0.3, -0.25) is 14.4 Å². The van der Waals surface area contributed by atoms with E-state index < -0.39 is 5.54 Å². The van der Waals surface area contributed by atoms with Crippen molar-refractivity contribution in [1.29, 1.82) is 0 Å². The summed E-state index contributed by atoms with van der Waals surface area (Å²) in [5, 5.41) is 2.90. The highest BCUT2D eigenvalue weighted by molar-refractivity contribution is 6.09. The molecule has 24 heavy (non-hydrogen) atoms. The van der Waals surface area contributed by atoms with Crippen LogP contribution in [0.15, 0.2) is 29.4 Å². The molecule has 128 valence electrons. The standard InChI is InChI=1S/C17H22N4O3/c1-17(12-14(22)19-13-6-2-3-11-21(13)17)16(24)18-8-5-10-20-9-4-7-15(20)23/h2-3,6,11H,4-5,7-10,12H2,1H3,(H,18,24). The molecule has 3 aliphatic rings. The summed E-state index contributed by atoms with van der Waals surface area (Å²) < 4.78 is 0. The van der Waals surface area contributed by atoms with Crippen LogP contribution >= 0.6 is 0 Å². The van der Waals surface area contributed by atoms with Gasteiger partial charge in [0.2, 0.25) is 11.8 Å². The molecule has 1 fully saturated rings. The first-order chi connectivity index (χ1) is 11.5. The van der Waals surface area contributed by atoms with Crippen molar-refractivity contribution in [3.8, 4) is 0 Å². The first-order valence-electron chi connectivity index (χ1n) is 8.32. The predicted octanol–water partition coefficient (Wildman–Crippen LogP) is 0.588. The number of hydrogen-bond donors (Lipinski definition) is 1. The molecule has 0 aliphatic carbocycles. The molecule has 7 heteroatoms. The Morgan fingerprint density at radius 2 is 2.21 bits per heavy atom. The first-order valence-corrected chi connectivity index (χ1v) is 8.32. The molecule has 1 atom stereocenters. The molecule has 3 amide bonds. The monoisotopic (exact) mass is 330 g/mol. The van der Waals surface area contributed by atoms with Crippen molar-refractivity contribution in [3.63, 3.8) is 0 Å². The number of likely N-dealkylation sites (tertiary alicyclic amines) is 1. The van der Waals surface area contributed by atoms with Crippen LogP contribution in [0.25, 0.3) is 0 Å². The summed E-state index contributed by atoms with van der Waals surface area (Å²) in [6.07, 6.45) is 9.41. The van der Waals surface area contributed by atoms with Gasteiger partial charge in [-0.25, -0.2) is 0 Å². The number of nitrogens with zero attached hydrogens (tertiary/aromatic N) is 3. The van der Waals surface area contributed by atoms with Crippen LogP contribution in [0.3, 0.4) is 0 Å². The van der Waals surface area contributed by atoms with Crippen LogP contribution in [0.1, 0.15) is 32.6 Å². The first kappa shape index (κ1) is 16.4. The second-order valence-corrected chi connectivity index (χ2v) is 6.48. The zero-order valence-corrected chi connectivity index (χ0v) is 13.8. The Morgan fingerprint density at radius 3 is 2.96 bits per heavy atom. The number of amides is 3. The van der Waals surface area contributed by atoms with E-state index in [2.05, 4.69) is 10.3 Å². The smallest absolute Gasteiger partial charge is 0.250 e. The fraction of sp³-hybridized carbons (Fsp3) is 0.529. The summed E-state index contributed by atoms with van der Waals surface area (Å²) in [4.78, 5) is 43.7. The minimum Gasteiger partial charge on any atom is -0.354 e. The van der Waals surface area contributed by atoms with Gasteiger partial charge < -0.3 is 15.1 Å². The number of fused-ring (bicyclic) bond motifs is 1. The van der Waals surface area contributed by atoms with E-state index in [1.165, 1.54) is 0 Å². The number of hydrogen-bond acceptors (Lipinski definition) is 4. The van der Waals surface area contributed by atoms with Gasteiger partial charge in [0.15, 0.2) is 0 Å². The van der Waals surface area contributed by atoms with E-state index >= 15 is 0 Å². The largest absolute Gasteiger partial charge is 0.354 e. The lowest BCUT2D eigenvalue weighted by Crippen LogP contribution is -2.60. The summed E-state index contributed by atoms with van der Waals surface area (Å²) in [5.74, 6) is 0.198. The van der Waals surface area contributed by atoms with Crippen LogP contribution in [0, 0.1) is 0 Å². The Bertz CT molecular complexity index is 652. The van der Waals surface area contributed by atoms with Gasteiger partial charge in [0.05, 0.1) is 6.42 Å². The highest BCUT2D eigenvalue weighted by Gasteiger charge is 2.44. The van der Waals surface area contributed by atoms with Crippen molar-refractivity contribution < 1.29 is 14.4 Å². The van der Waals surface area contributed by atoms with Gasteiger partial charge in [-0.2, -0.15) is 4.99 Å². The van der Waals surface area contributed by atoms with Crippen molar-refractivity contribution in [1.82, 2.24) is 15.1 Å². The molecule has 3 aliphatic heterocycles. The highest BCUT2D eigenvalue weighted by atomic mass is 16.2. The Labute approximate surface area is 141 Å². The lowest BCUT2D eigenvalue weighted by Gasteiger charge is -2.41. The Morgan fingerprint density at radius 1 is 1.38 bits per heavy atom. The maximum atomic E-state index is 12.7. The second-order valence-electron chi connectivity index (χ2n) is 6.48. The fourth-order valence-corrected chi connectivity index (χ4v) is 3.28. The van der Waals surface area contributed by atoms with Crippen LogP contribution in [0.5, 0.6) is 0 Å². The van der Waals surface area contributed by atoms with Crippen molar-refractivity contribution in [2.75, 3.05) is 19.6 Å². The van der Waals surface area contributed by atoms with Gasteiger partial charge in [-0.15, -0.1) is 0 Å². The molecule has 1 N–H and O–H groups in total. The van der Waals surface area contributed by atoms with Crippen LogP contribution in [0.4, 0.5) is 0 Å². The number of aliphatic imine (C=N–C) groups is 1. The Kier molecular flexibility index (Phi) is 4.51. The summed E-state index contributed by atoms with van der Waals surface area (Å²) in [5.41, 5.74) is -0.973. The number of carbonyl (C=O) groups excluding carboxylic acids is 3. The van der Waals surface area contributed by atoms with E-state index in [4.69, 9.17) is 0 Å². The molecule has 0 aromatic rings. The molecule has 1 unspecified atom stereocenters. The molecule has 0 aromatic carbocycles. The van der Waals surface area contributed by atoms with E-state index in [9.17, 15) is 14.4 Å². The second kappa shape index (κ2) is 6.59. The molecule has 0 aromatic heterocycles. The lowest BCUT2D eigenvalue weighted by atomic mass is 9.91. The third kappa shape index (κ3) is 3.11. The van der Waals surface area contributed by atoms with Crippen LogP contribution in [-0.2, 0) is 14.4 Å². The van der Waals surface area contributed by atoms with E-state index in [-0.39, 0.29) is 24.1 Å². The average Bonchev–Trinajstić information content (AvgIpc) is 2.96. The Balaban J connectivity index is 1.56. The van der Waals surface area contributed by atoms with Gasteiger partial charge in [-0.05, 0) is 31.9 Å². The highest BCUT2D eigenvalue weighted by Crippen LogP contribution is 2.28. The van der Waals surface area contributed by atoms with Gasteiger partial charge >= 0.3 is 0 Å². The molecule has 0 bridgehead atoms. The van der Waals surface area contributed by atoms with Crippen molar-refractivity contribution in [2.45, 2.75) is 38.1 Å². The number of carbonyl (C=O) groups is 3. The third-order valence-electron chi connectivity index (χ3n) is 4.66. The normalized spacial score (nSPS) is 25.8. The minimum atomic E-state index is -0.973. The fourth-order valence-electron chi connectivity index (χ4n) is 3.28. The van der Waals surface area contributed by atoms with Crippen LogP contribution < -0.4 is 5.32 Å². The summed E-state index contributed by atoms with van der Waals surface area (Å²) in [6, 6.07) is 0. The van der Waals surface area contributed by atoms with Gasteiger partial charge in [-0.1, -0.05) is 6.08 Å². The maximum absolute atomic E-state index is 12.7. The lowest BCUT2D eigenvalue weighted by molar-refractivity contribution is -0.134. The molecule has 0 radical (unpaired) electrons. The van der Waals surface area contributed by atoms with Crippen molar-refractivity contribution in [2.24, 2.45) is 4.99 Å². The van der Waals surface area contributed by atoms with E-state index in [1.54, 1.807) is 30.2 Å².